The van der Waals surface area contributed by atoms with E-state index in [-0.39, 0.29) is 12.6 Å². The van der Waals surface area contributed by atoms with Crippen LogP contribution in [0.2, 0.25) is 0 Å². The van der Waals surface area contributed by atoms with E-state index >= 15 is 0 Å². The SMILES string of the molecule is COc1ncc(OC)c(CN(C)O)n1. The molecule has 6 nitrogen and oxygen atoms in total. The number of methoxy groups -OCH3 is 2. The highest BCUT2D eigenvalue weighted by Gasteiger charge is 2.09. The van der Waals surface area contributed by atoms with Crippen molar-refractivity contribution in [2.45, 2.75) is 6.54 Å². The molecule has 0 aliphatic carbocycles. The molecule has 1 aromatic heterocycles. The zero-order valence-electron chi connectivity index (χ0n) is 8.39. The van der Waals surface area contributed by atoms with Crippen molar-refractivity contribution < 1.29 is 14.7 Å². The summed E-state index contributed by atoms with van der Waals surface area (Å²) in [6.45, 7) is 0.252. The first-order valence-electron chi connectivity index (χ1n) is 4.01. The highest BCUT2D eigenvalue weighted by atomic mass is 16.5. The first-order chi connectivity index (χ1) is 6.67. The van der Waals surface area contributed by atoms with Crippen molar-refractivity contribution in [3.05, 3.63) is 11.9 Å². The van der Waals surface area contributed by atoms with Crippen molar-refractivity contribution >= 4 is 0 Å². The summed E-state index contributed by atoms with van der Waals surface area (Å²) in [4.78, 5) is 7.92. The Balaban J connectivity index is 2.96. The quantitative estimate of drug-likeness (QED) is 0.704. The van der Waals surface area contributed by atoms with Gasteiger partial charge >= 0.3 is 6.01 Å². The van der Waals surface area contributed by atoms with E-state index in [1.165, 1.54) is 27.5 Å². The Bertz CT molecular complexity index is 304. The van der Waals surface area contributed by atoms with Crippen LogP contribution in [0.3, 0.4) is 0 Å². The van der Waals surface area contributed by atoms with Gasteiger partial charge < -0.3 is 14.7 Å². The Hall–Kier alpha value is -1.40. The maximum atomic E-state index is 9.07. The van der Waals surface area contributed by atoms with Crippen molar-refractivity contribution in [2.24, 2.45) is 0 Å². The largest absolute Gasteiger partial charge is 0.493 e. The summed E-state index contributed by atoms with van der Waals surface area (Å²) in [6.07, 6.45) is 1.50. The van der Waals surface area contributed by atoms with Crippen LogP contribution >= 0.6 is 0 Å². The molecule has 0 atom stereocenters. The molecule has 0 aliphatic heterocycles. The van der Waals surface area contributed by atoms with Crippen molar-refractivity contribution in [3.8, 4) is 11.8 Å². The maximum Gasteiger partial charge on any atom is 0.316 e. The smallest absolute Gasteiger partial charge is 0.316 e. The van der Waals surface area contributed by atoms with Crippen LogP contribution in [0.25, 0.3) is 0 Å². The maximum absolute atomic E-state index is 9.07. The van der Waals surface area contributed by atoms with Gasteiger partial charge in [0.25, 0.3) is 0 Å². The van der Waals surface area contributed by atoms with Gasteiger partial charge in [0.1, 0.15) is 5.69 Å². The minimum Gasteiger partial charge on any atom is -0.493 e. The van der Waals surface area contributed by atoms with Crippen molar-refractivity contribution in [1.82, 2.24) is 15.0 Å². The molecule has 0 aliphatic rings. The molecular formula is C8H13N3O3. The molecule has 0 saturated heterocycles. The lowest BCUT2D eigenvalue weighted by molar-refractivity contribution is -0.0745. The molecular weight excluding hydrogens is 186 g/mol. The number of hydroxylamine groups is 2. The fraction of sp³-hybridized carbons (Fsp3) is 0.500. The van der Waals surface area contributed by atoms with Crippen LogP contribution in [0, 0.1) is 0 Å². The molecule has 1 N–H and O–H groups in total. The molecule has 0 radical (unpaired) electrons. The third kappa shape index (κ3) is 2.54. The first-order valence-corrected chi connectivity index (χ1v) is 4.01. The fourth-order valence-corrected chi connectivity index (χ4v) is 0.987. The number of rotatable bonds is 4. The predicted octanol–water partition coefficient (Wildman–Crippen LogP) is 0.315. The van der Waals surface area contributed by atoms with Gasteiger partial charge in [-0.1, -0.05) is 0 Å². The van der Waals surface area contributed by atoms with Gasteiger partial charge in [0.05, 0.1) is 27.0 Å². The molecule has 0 saturated carbocycles. The van der Waals surface area contributed by atoms with E-state index < -0.39 is 0 Å². The van der Waals surface area contributed by atoms with Gasteiger partial charge in [-0.3, -0.25) is 0 Å². The van der Waals surface area contributed by atoms with E-state index in [0.717, 1.165) is 5.06 Å². The average molecular weight is 199 g/mol. The van der Waals surface area contributed by atoms with Crippen LogP contribution in [-0.2, 0) is 6.54 Å². The third-order valence-electron chi connectivity index (χ3n) is 1.59. The molecule has 1 heterocycles. The molecule has 0 unspecified atom stereocenters. The zero-order valence-corrected chi connectivity index (χ0v) is 8.39. The zero-order chi connectivity index (χ0) is 10.6. The molecule has 0 fully saturated rings. The van der Waals surface area contributed by atoms with Gasteiger partial charge in [-0.05, 0) is 0 Å². The summed E-state index contributed by atoms with van der Waals surface area (Å²) in [5.74, 6) is 0.520. The molecule has 0 spiro atoms. The van der Waals surface area contributed by atoms with E-state index in [4.69, 9.17) is 14.7 Å². The molecule has 0 aromatic carbocycles. The second kappa shape index (κ2) is 4.73. The van der Waals surface area contributed by atoms with Gasteiger partial charge in [0.15, 0.2) is 5.75 Å². The van der Waals surface area contributed by atoms with Crippen LogP contribution in [0.15, 0.2) is 6.20 Å². The summed E-state index contributed by atoms with van der Waals surface area (Å²) in [6, 6.07) is 0.252. The fourth-order valence-electron chi connectivity index (χ4n) is 0.987. The second-order valence-electron chi connectivity index (χ2n) is 2.69. The Kier molecular flexibility index (Phi) is 3.61. The lowest BCUT2D eigenvalue weighted by Gasteiger charge is -2.11. The third-order valence-corrected chi connectivity index (χ3v) is 1.59. The monoisotopic (exact) mass is 199 g/mol. The number of ether oxygens (including phenoxy) is 2. The van der Waals surface area contributed by atoms with Crippen LogP contribution in [0.1, 0.15) is 5.69 Å². The second-order valence-corrected chi connectivity index (χ2v) is 2.69. The average Bonchev–Trinajstić information content (AvgIpc) is 2.16. The summed E-state index contributed by atoms with van der Waals surface area (Å²) in [5, 5.41) is 10.1. The van der Waals surface area contributed by atoms with Crippen LogP contribution in [-0.4, -0.2) is 41.5 Å². The van der Waals surface area contributed by atoms with Gasteiger partial charge in [-0.25, -0.2) is 0 Å². The van der Waals surface area contributed by atoms with Crippen LogP contribution < -0.4 is 9.47 Å². The number of hydrogen-bond acceptors (Lipinski definition) is 6. The van der Waals surface area contributed by atoms with Crippen LogP contribution in [0.5, 0.6) is 11.8 Å². The molecule has 0 amide bonds. The minimum atomic E-state index is 0.252. The summed E-state index contributed by atoms with van der Waals surface area (Å²) < 4.78 is 9.89. The minimum absolute atomic E-state index is 0.252. The van der Waals surface area contributed by atoms with Crippen LogP contribution in [0.4, 0.5) is 0 Å². The van der Waals surface area contributed by atoms with E-state index in [9.17, 15) is 0 Å². The molecule has 1 rings (SSSR count). The van der Waals surface area contributed by atoms with Gasteiger partial charge in [0.2, 0.25) is 0 Å². The summed E-state index contributed by atoms with van der Waals surface area (Å²) >= 11 is 0. The Morgan fingerprint density at radius 3 is 2.64 bits per heavy atom. The van der Waals surface area contributed by atoms with Gasteiger partial charge in [0, 0.05) is 7.05 Å². The molecule has 0 bridgehead atoms. The summed E-state index contributed by atoms with van der Waals surface area (Å²) in [5.41, 5.74) is 0.573. The normalized spacial score (nSPS) is 10.4. The van der Waals surface area contributed by atoms with Gasteiger partial charge in [-0.2, -0.15) is 15.0 Å². The van der Waals surface area contributed by atoms with Crippen molar-refractivity contribution in [2.75, 3.05) is 21.3 Å². The summed E-state index contributed by atoms with van der Waals surface area (Å²) in [7, 11) is 4.52. The number of nitrogens with zero attached hydrogens (tertiary/aromatic N) is 3. The van der Waals surface area contributed by atoms with Gasteiger partial charge in [-0.15, -0.1) is 0 Å². The molecule has 6 heteroatoms. The van der Waals surface area contributed by atoms with E-state index in [1.807, 2.05) is 0 Å². The van der Waals surface area contributed by atoms with Crippen molar-refractivity contribution in [3.63, 3.8) is 0 Å². The number of hydrogen-bond donors (Lipinski definition) is 1. The Morgan fingerprint density at radius 1 is 1.43 bits per heavy atom. The lowest BCUT2D eigenvalue weighted by Crippen LogP contribution is -2.14. The highest BCUT2D eigenvalue weighted by molar-refractivity contribution is 5.25. The number of aromatic nitrogens is 2. The van der Waals surface area contributed by atoms with E-state index in [2.05, 4.69) is 9.97 Å². The van der Waals surface area contributed by atoms with E-state index in [0.29, 0.717) is 11.4 Å². The lowest BCUT2D eigenvalue weighted by atomic mass is 10.3. The Labute approximate surface area is 82.1 Å². The highest BCUT2D eigenvalue weighted by Crippen LogP contribution is 2.17. The topological polar surface area (TPSA) is 67.7 Å². The Morgan fingerprint density at radius 2 is 2.14 bits per heavy atom. The predicted molar refractivity (Wildman–Crippen MR) is 48.4 cm³/mol. The van der Waals surface area contributed by atoms with Crippen molar-refractivity contribution in [1.29, 1.82) is 0 Å². The molecule has 1 aromatic rings. The molecule has 78 valence electrons. The van der Waals surface area contributed by atoms with E-state index in [1.54, 1.807) is 0 Å². The molecule has 14 heavy (non-hydrogen) atoms. The standard InChI is InChI=1S/C8H13N3O3/c1-11(12)5-6-7(13-2)4-9-8(10-6)14-3/h4,12H,5H2,1-3H3. The first kappa shape index (κ1) is 10.7.